The van der Waals surface area contributed by atoms with E-state index < -0.39 is 5.82 Å². The number of alkyl halides is 1. The minimum atomic E-state index is -0.597. The van der Waals surface area contributed by atoms with Gasteiger partial charge in [-0.1, -0.05) is 0 Å². The third-order valence-electron chi connectivity index (χ3n) is 1.91. The van der Waals surface area contributed by atoms with E-state index in [0.717, 1.165) is 12.1 Å². The van der Waals surface area contributed by atoms with Crippen LogP contribution in [0.3, 0.4) is 0 Å². The molecule has 0 bridgehead atoms. The van der Waals surface area contributed by atoms with Gasteiger partial charge in [0.05, 0.1) is 17.5 Å². The monoisotopic (exact) mass is 211 g/mol. The maximum absolute atomic E-state index is 12.9. The second-order valence-corrected chi connectivity index (χ2v) is 3.06. The van der Waals surface area contributed by atoms with Crippen molar-refractivity contribution in [2.45, 2.75) is 6.92 Å². The first-order valence-corrected chi connectivity index (χ1v) is 4.43. The van der Waals surface area contributed by atoms with Gasteiger partial charge in [0.1, 0.15) is 5.82 Å². The fourth-order valence-corrected chi connectivity index (χ4v) is 1.30. The molecular formula is C10H7ClFNO. The molecule has 0 aliphatic heterocycles. The molecule has 1 aromatic carbocycles. The van der Waals surface area contributed by atoms with E-state index in [4.69, 9.17) is 16.9 Å². The first kappa shape index (κ1) is 10.7. The van der Waals surface area contributed by atoms with Gasteiger partial charge >= 0.3 is 0 Å². The van der Waals surface area contributed by atoms with Crippen molar-refractivity contribution in [2.75, 3.05) is 5.88 Å². The molecule has 0 saturated carbocycles. The van der Waals surface area contributed by atoms with Crippen LogP contribution >= 0.6 is 11.6 Å². The molecule has 0 N–H and O–H groups in total. The number of ketones is 1. The van der Waals surface area contributed by atoms with Crippen LogP contribution in [0, 0.1) is 24.1 Å². The fourth-order valence-electron chi connectivity index (χ4n) is 1.16. The number of hydrogen-bond acceptors (Lipinski definition) is 2. The van der Waals surface area contributed by atoms with Crippen LogP contribution < -0.4 is 0 Å². The Morgan fingerprint density at radius 1 is 1.64 bits per heavy atom. The molecule has 4 heteroatoms. The minimum Gasteiger partial charge on any atom is -0.293 e. The Kier molecular flexibility index (Phi) is 3.21. The predicted octanol–water partition coefficient (Wildman–Crippen LogP) is 2.43. The standard InChI is InChI=1S/C10H7ClFNO/c1-6-7(5-13)2-8(12)3-9(6)10(14)4-11/h2-3H,4H2,1H3. The Hall–Kier alpha value is -1.40. The van der Waals surface area contributed by atoms with Gasteiger partial charge in [0.25, 0.3) is 0 Å². The number of nitriles is 1. The molecule has 0 spiro atoms. The SMILES string of the molecule is Cc1c(C#N)cc(F)cc1C(=O)CCl. The lowest BCUT2D eigenvalue weighted by molar-refractivity contribution is 0.102. The Morgan fingerprint density at radius 3 is 2.79 bits per heavy atom. The van der Waals surface area contributed by atoms with E-state index in [0.29, 0.717) is 5.56 Å². The number of carbonyl (C=O) groups excluding carboxylic acids is 1. The summed E-state index contributed by atoms with van der Waals surface area (Å²) in [6, 6.07) is 4.02. The average molecular weight is 212 g/mol. The van der Waals surface area contributed by atoms with Gasteiger partial charge in [0, 0.05) is 5.56 Å². The van der Waals surface area contributed by atoms with Crippen LogP contribution in [0.25, 0.3) is 0 Å². The molecule has 0 atom stereocenters. The van der Waals surface area contributed by atoms with Crippen LogP contribution in [-0.2, 0) is 0 Å². The second-order valence-electron chi connectivity index (χ2n) is 2.79. The van der Waals surface area contributed by atoms with Gasteiger partial charge in [-0.25, -0.2) is 4.39 Å². The van der Waals surface area contributed by atoms with Crippen LogP contribution in [0.15, 0.2) is 12.1 Å². The number of benzene rings is 1. The van der Waals surface area contributed by atoms with Crippen LogP contribution in [0.5, 0.6) is 0 Å². The van der Waals surface area contributed by atoms with Crippen LogP contribution in [0.1, 0.15) is 21.5 Å². The Labute approximate surface area is 85.9 Å². The summed E-state index contributed by atoms with van der Waals surface area (Å²) in [6.45, 7) is 1.60. The molecule has 0 heterocycles. The van der Waals surface area contributed by atoms with E-state index in [-0.39, 0.29) is 22.8 Å². The lowest BCUT2D eigenvalue weighted by Crippen LogP contribution is -2.05. The highest BCUT2D eigenvalue weighted by Crippen LogP contribution is 2.16. The first-order valence-electron chi connectivity index (χ1n) is 3.89. The van der Waals surface area contributed by atoms with Gasteiger partial charge in [0.15, 0.2) is 5.78 Å². The molecule has 0 aliphatic carbocycles. The molecule has 0 unspecified atom stereocenters. The summed E-state index contributed by atoms with van der Waals surface area (Å²) >= 11 is 5.35. The third kappa shape index (κ3) is 1.91. The fraction of sp³-hybridized carbons (Fsp3) is 0.200. The largest absolute Gasteiger partial charge is 0.293 e. The molecule has 0 aromatic heterocycles. The lowest BCUT2D eigenvalue weighted by atomic mass is 10.0. The average Bonchev–Trinajstić information content (AvgIpc) is 2.19. The minimum absolute atomic E-state index is 0.165. The number of halogens is 2. The van der Waals surface area contributed by atoms with E-state index in [9.17, 15) is 9.18 Å². The smallest absolute Gasteiger partial charge is 0.177 e. The zero-order valence-electron chi connectivity index (χ0n) is 7.47. The van der Waals surface area contributed by atoms with Crippen LogP contribution in [-0.4, -0.2) is 11.7 Å². The molecule has 0 amide bonds. The molecule has 1 aromatic rings. The Morgan fingerprint density at radius 2 is 2.29 bits per heavy atom. The molecule has 0 aliphatic rings. The van der Waals surface area contributed by atoms with Crippen LogP contribution in [0.4, 0.5) is 4.39 Å². The molecular weight excluding hydrogens is 205 g/mol. The predicted molar refractivity (Wildman–Crippen MR) is 50.9 cm³/mol. The summed E-state index contributed by atoms with van der Waals surface area (Å²) in [4.78, 5) is 11.2. The third-order valence-corrected chi connectivity index (χ3v) is 2.16. The summed E-state index contributed by atoms with van der Waals surface area (Å²) < 4.78 is 12.9. The van der Waals surface area contributed by atoms with E-state index >= 15 is 0 Å². The number of nitrogens with zero attached hydrogens (tertiary/aromatic N) is 1. The highest BCUT2D eigenvalue weighted by atomic mass is 35.5. The topological polar surface area (TPSA) is 40.9 Å². The van der Waals surface area contributed by atoms with Crippen LogP contribution in [0.2, 0.25) is 0 Å². The van der Waals surface area contributed by atoms with E-state index in [1.165, 1.54) is 0 Å². The normalized spacial score (nSPS) is 9.57. The zero-order chi connectivity index (χ0) is 10.7. The van der Waals surface area contributed by atoms with Crippen molar-refractivity contribution in [1.29, 1.82) is 5.26 Å². The molecule has 14 heavy (non-hydrogen) atoms. The number of carbonyl (C=O) groups is 1. The summed E-state index contributed by atoms with van der Waals surface area (Å²) in [5.41, 5.74) is 0.814. The number of hydrogen-bond donors (Lipinski definition) is 0. The highest BCUT2D eigenvalue weighted by Gasteiger charge is 2.12. The zero-order valence-corrected chi connectivity index (χ0v) is 8.23. The molecule has 0 radical (unpaired) electrons. The maximum atomic E-state index is 12.9. The van der Waals surface area contributed by atoms with E-state index in [2.05, 4.69) is 0 Å². The van der Waals surface area contributed by atoms with Gasteiger partial charge in [-0.15, -0.1) is 11.6 Å². The Bertz CT molecular complexity index is 423. The van der Waals surface area contributed by atoms with Crippen molar-refractivity contribution in [3.05, 3.63) is 34.6 Å². The van der Waals surface area contributed by atoms with Gasteiger partial charge in [-0.05, 0) is 24.6 Å². The van der Waals surface area contributed by atoms with Gasteiger partial charge < -0.3 is 0 Å². The summed E-state index contributed by atoms with van der Waals surface area (Å²) in [5, 5.41) is 8.66. The molecule has 72 valence electrons. The first-order chi connectivity index (χ1) is 6.60. The van der Waals surface area contributed by atoms with Crippen molar-refractivity contribution in [2.24, 2.45) is 0 Å². The molecule has 0 fully saturated rings. The maximum Gasteiger partial charge on any atom is 0.177 e. The summed E-state index contributed by atoms with van der Waals surface area (Å²) in [5.74, 6) is -1.18. The highest BCUT2D eigenvalue weighted by molar-refractivity contribution is 6.30. The summed E-state index contributed by atoms with van der Waals surface area (Å²) in [7, 11) is 0. The van der Waals surface area contributed by atoms with Crippen molar-refractivity contribution < 1.29 is 9.18 Å². The van der Waals surface area contributed by atoms with Gasteiger partial charge in [0.2, 0.25) is 0 Å². The van der Waals surface area contributed by atoms with Crippen molar-refractivity contribution >= 4 is 17.4 Å². The number of rotatable bonds is 2. The van der Waals surface area contributed by atoms with Crippen molar-refractivity contribution in [1.82, 2.24) is 0 Å². The van der Waals surface area contributed by atoms with Crippen molar-refractivity contribution in [3.8, 4) is 6.07 Å². The summed E-state index contributed by atoms with van der Waals surface area (Å²) in [6.07, 6.45) is 0. The van der Waals surface area contributed by atoms with E-state index in [1.807, 2.05) is 6.07 Å². The molecule has 0 saturated heterocycles. The molecule has 2 nitrogen and oxygen atoms in total. The Balaban J connectivity index is 3.38. The van der Waals surface area contributed by atoms with Gasteiger partial charge in [-0.2, -0.15) is 5.26 Å². The lowest BCUT2D eigenvalue weighted by Gasteiger charge is -2.04. The second kappa shape index (κ2) is 4.21. The molecule has 1 rings (SSSR count). The number of Topliss-reactive ketones (excluding diaryl/α,β-unsaturated/α-hetero) is 1. The van der Waals surface area contributed by atoms with Gasteiger partial charge in [-0.3, -0.25) is 4.79 Å². The van der Waals surface area contributed by atoms with Crippen molar-refractivity contribution in [3.63, 3.8) is 0 Å². The van der Waals surface area contributed by atoms with E-state index in [1.54, 1.807) is 6.92 Å². The quantitative estimate of drug-likeness (QED) is 0.557.